The van der Waals surface area contributed by atoms with Gasteiger partial charge in [0.1, 0.15) is 0 Å². The molecule has 0 saturated heterocycles. The fourth-order valence-corrected chi connectivity index (χ4v) is 5.39. The van der Waals surface area contributed by atoms with Crippen LogP contribution in [-0.2, 0) is 12.8 Å². The molecule has 2 aromatic heterocycles. The molecule has 2 heterocycles. The van der Waals surface area contributed by atoms with Crippen molar-refractivity contribution in [1.82, 2.24) is 0 Å². The molecule has 3 aromatic rings. The zero-order chi connectivity index (χ0) is 17.6. The Hall–Kier alpha value is -1.49. The molecule has 0 unspecified atom stereocenters. The molecule has 0 radical (unpaired) electrons. The topological polar surface area (TPSA) is 17.1 Å². The number of carbonyl (C=O) groups excluding carboxylic acids is 1. The highest BCUT2D eigenvalue weighted by molar-refractivity contribution is 9.10. The van der Waals surface area contributed by atoms with Gasteiger partial charge in [-0.15, -0.1) is 22.7 Å². The molecule has 0 saturated carbocycles. The number of hydrogen-bond acceptors (Lipinski definition) is 3. The number of carbonyl (C=O) groups is 1. The molecule has 0 aliphatic carbocycles. The first-order valence-electron chi connectivity index (χ1n) is 8.29. The lowest BCUT2D eigenvalue weighted by atomic mass is 10.1. The third-order valence-corrected chi connectivity index (χ3v) is 7.01. The van der Waals surface area contributed by atoms with Crippen LogP contribution in [0.3, 0.4) is 0 Å². The van der Waals surface area contributed by atoms with E-state index in [0.717, 1.165) is 33.5 Å². The number of hydrogen-bond donors (Lipinski definition) is 0. The van der Waals surface area contributed by atoms with Crippen LogP contribution in [0, 0.1) is 0 Å². The minimum absolute atomic E-state index is 0.0751. The van der Waals surface area contributed by atoms with E-state index >= 15 is 0 Å². The summed E-state index contributed by atoms with van der Waals surface area (Å²) in [6.45, 7) is 2.15. The summed E-state index contributed by atoms with van der Waals surface area (Å²) in [6.07, 6.45) is 6.64. The van der Waals surface area contributed by atoms with E-state index in [9.17, 15) is 4.79 Å². The van der Waals surface area contributed by atoms with Gasteiger partial charge in [0.15, 0.2) is 5.78 Å². The maximum absolute atomic E-state index is 12.4. The van der Waals surface area contributed by atoms with Gasteiger partial charge >= 0.3 is 0 Å². The van der Waals surface area contributed by atoms with Crippen LogP contribution in [0.25, 0.3) is 6.08 Å². The van der Waals surface area contributed by atoms with Crippen LogP contribution in [0.5, 0.6) is 0 Å². The summed E-state index contributed by atoms with van der Waals surface area (Å²) in [5, 5.41) is 0. The first-order chi connectivity index (χ1) is 12.2. The van der Waals surface area contributed by atoms with E-state index < -0.39 is 0 Å². The Labute approximate surface area is 165 Å². The van der Waals surface area contributed by atoms with E-state index in [-0.39, 0.29) is 5.78 Å². The molecule has 0 atom stereocenters. The van der Waals surface area contributed by atoms with Crippen LogP contribution in [0.15, 0.2) is 59.1 Å². The lowest BCUT2D eigenvalue weighted by molar-refractivity contribution is 0.105. The molecule has 1 aromatic carbocycles. The third kappa shape index (κ3) is 5.00. The number of benzene rings is 1. The molecular weight excluding hydrogens is 412 g/mol. The van der Waals surface area contributed by atoms with Crippen LogP contribution in [-0.4, -0.2) is 5.78 Å². The molecule has 0 N–H and O–H groups in total. The van der Waals surface area contributed by atoms with Gasteiger partial charge in [0.2, 0.25) is 0 Å². The van der Waals surface area contributed by atoms with Gasteiger partial charge in [-0.3, -0.25) is 4.79 Å². The fourth-order valence-electron chi connectivity index (χ4n) is 2.54. The molecule has 0 spiro atoms. The number of ketones is 1. The summed E-state index contributed by atoms with van der Waals surface area (Å²) in [4.78, 5) is 16.9. The first kappa shape index (κ1) is 18.3. The maximum atomic E-state index is 12.4. The minimum atomic E-state index is 0.0751. The van der Waals surface area contributed by atoms with Crippen molar-refractivity contribution >= 4 is 50.5 Å². The quantitative estimate of drug-likeness (QED) is 0.290. The monoisotopic (exact) mass is 430 g/mol. The molecule has 0 aliphatic rings. The van der Waals surface area contributed by atoms with Crippen molar-refractivity contribution in [3.8, 4) is 0 Å². The van der Waals surface area contributed by atoms with Gasteiger partial charge in [0, 0.05) is 25.5 Å². The summed E-state index contributed by atoms with van der Waals surface area (Å²) in [5.74, 6) is 0.0751. The maximum Gasteiger partial charge on any atom is 0.195 e. The summed E-state index contributed by atoms with van der Waals surface area (Å²) in [5.41, 5.74) is 1.31. The number of rotatable bonds is 7. The minimum Gasteiger partial charge on any atom is -0.288 e. The van der Waals surface area contributed by atoms with Crippen LogP contribution >= 0.6 is 38.6 Å². The average molecular weight is 431 g/mol. The molecule has 25 heavy (non-hydrogen) atoms. The Morgan fingerprint density at radius 2 is 1.92 bits per heavy atom. The third-order valence-electron chi connectivity index (χ3n) is 3.78. The Bertz CT molecular complexity index is 874. The number of allylic oxidation sites excluding steroid dienone is 1. The van der Waals surface area contributed by atoms with Gasteiger partial charge in [-0.05, 0) is 58.3 Å². The summed E-state index contributed by atoms with van der Waals surface area (Å²) in [7, 11) is 0. The zero-order valence-corrected chi connectivity index (χ0v) is 17.2. The van der Waals surface area contributed by atoms with Crippen molar-refractivity contribution in [3.05, 3.63) is 84.2 Å². The molecule has 0 aliphatic heterocycles. The second-order valence-electron chi connectivity index (χ2n) is 5.80. The number of thiophene rings is 2. The van der Waals surface area contributed by atoms with E-state index in [1.54, 1.807) is 28.7 Å². The lowest BCUT2D eigenvalue weighted by Crippen LogP contribution is -1.88. The molecule has 3 rings (SSSR count). The van der Waals surface area contributed by atoms with Crippen molar-refractivity contribution in [2.45, 2.75) is 26.2 Å². The van der Waals surface area contributed by atoms with Crippen LogP contribution in [0.4, 0.5) is 0 Å². The van der Waals surface area contributed by atoms with Crippen molar-refractivity contribution in [3.63, 3.8) is 0 Å². The first-order valence-corrected chi connectivity index (χ1v) is 10.7. The van der Waals surface area contributed by atoms with Crippen LogP contribution in [0.1, 0.15) is 43.2 Å². The molecule has 4 heteroatoms. The lowest BCUT2D eigenvalue weighted by Gasteiger charge is -1.96. The van der Waals surface area contributed by atoms with Crippen molar-refractivity contribution < 1.29 is 4.79 Å². The normalized spacial score (nSPS) is 11.3. The van der Waals surface area contributed by atoms with E-state index in [1.165, 1.54) is 15.3 Å². The molecule has 128 valence electrons. The summed E-state index contributed by atoms with van der Waals surface area (Å²) in [6, 6.07) is 16.6. The van der Waals surface area contributed by atoms with E-state index in [1.807, 2.05) is 18.2 Å². The SMILES string of the molecule is CCCc1sc(C(=O)/C=C/c2ccc(Cc3ccccc3)s2)cc1Br. The fraction of sp³-hybridized carbons (Fsp3) is 0.190. The van der Waals surface area contributed by atoms with Gasteiger partial charge in [-0.25, -0.2) is 0 Å². The molecule has 1 nitrogen and oxygen atoms in total. The highest BCUT2D eigenvalue weighted by Crippen LogP contribution is 2.29. The van der Waals surface area contributed by atoms with Gasteiger partial charge in [0.25, 0.3) is 0 Å². The second kappa shape index (κ2) is 8.75. The molecule has 0 amide bonds. The summed E-state index contributed by atoms with van der Waals surface area (Å²) >= 11 is 6.88. The van der Waals surface area contributed by atoms with Gasteiger partial charge in [0.05, 0.1) is 4.88 Å². The smallest absolute Gasteiger partial charge is 0.195 e. The van der Waals surface area contributed by atoms with Gasteiger partial charge in [-0.1, -0.05) is 43.7 Å². The Kier molecular flexibility index (Phi) is 6.40. The van der Waals surface area contributed by atoms with E-state index in [0.29, 0.717) is 0 Å². The Balaban J connectivity index is 1.66. The van der Waals surface area contributed by atoms with E-state index in [2.05, 4.69) is 59.3 Å². The Morgan fingerprint density at radius 3 is 2.68 bits per heavy atom. The van der Waals surface area contributed by atoms with Gasteiger partial charge in [-0.2, -0.15) is 0 Å². The number of halogens is 1. The molecule has 0 fully saturated rings. The molecule has 0 bridgehead atoms. The number of aryl methyl sites for hydroxylation is 1. The van der Waals surface area contributed by atoms with Crippen molar-refractivity contribution in [1.29, 1.82) is 0 Å². The predicted molar refractivity (Wildman–Crippen MR) is 113 cm³/mol. The predicted octanol–water partition coefficient (Wildman–Crippen LogP) is 7.01. The van der Waals surface area contributed by atoms with E-state index in [4.69, 9.17) is 0 Å². The summed E-state index contributed by atoms with van der Waals surface area (Å²) < 4.78 is 1.05. The average Bonchev–Trinajstić information content (AvgIpc) is 3.21. The second-order valence-corrected chi connectivity index (χ2v) is 8.99. The highest BCUT2D eigenvalue weighted by Gasteiger charge is 2.11. The molecular formula is C21H19BrOS2. The standard InChI is InChI=1S/C21H19BrOS2/c1-2-6-20-18(22)14-21(25-20)19(23)12-11-16-9-10-17(24-16)13-15-7-4-3-5-8-15/h3-5,7-12,14H,2,6,13H2,1H3/b12-11+. The van der Waals surface area contributed by atoms with Gasteiger partial charge < -0.3 is 0 Å². The van der Waals surface area contributed by atoms with Crippen molar-refractivity contribution in [2.75, 3.05) is 0 Å². The van der Waals surface area contributed by atoms with Crippen LogP contribution < -0.4 is 0 Å². The van der Waals surface area contributed by atoms with Crippen molar-refractivity contribution in [2.24, 2.45) is 0 Å². The largest absolute Gasteiger partial charge is 0.288 e. The Morgan fingerprint density at radius 1 is 1.12 bits per heavy atom. The highest BCUT2D eigenvalue weighted by atomic mass is 79.9. The zero-order valence-electron chi connectivity index (χ0n) is 14.0. The van der Waals surface area contributed by atoms with Crippen LogP contribution in [0.2, 0.25) is 0 Å².